The van der Waals surface area contributed by atoms with Gasteiger partial charge in [0.2, 0.25) is 11.3 Å². The first-order valence-corrected chi connectivity index (χ1v) is 9.20. The van der Waals surface area contributed by atoms with Gasteiger partial charge in [0.15, 0.2) is 12.2 Å². The fraction of sp³-hybridized carbons (Fsp3) is 0.714. The minimum absolute atomic E-state index is 0.566. The summed E-state index contributed by atoms with van der Waals surface area (Å²) in [4.78, 5) is 45.5. The maximum Gasteiger partial charge on any atom is 0.303 e. The third-order valence-corrected chi connectivity index (χ3v) is 4.36. The molecular formula is C14H21NO11S. The minimum Gasteiger partial charge on any atom is -0.463 e. The topological polar surface area (TPSA) is 172 Å². The molecule has 12 nitrogen and oxygen atoms in total. The van der Waals surface area contributed by atoms with Crippen LogP contribution < -0.4 is 5.32 Å². The van der Waals surface area contributed by atoms with Crippen molar-refractivity contribution in [1.29, 1.82) is 0 Å². The molecule has 0 bridgehead atoms. The number of amides is 1. The fourth-order valence-electron chi connectivity index (χ4n) is 2.55. The Bertz CT molecular complexity index is 704. The first kappa shape index (κ1) is 22.8. The summed E-state index contributed by atoms with van der Waals surface area (Å²) in [6, 6.07) is -1.60. The van der Waals surface area contributed by atoms with E-state index in [0.29, 0.717) is 0 Å². The van der Waals surface area contributed by atoms with Crippen molar-refractivity contribution < 1.29 is 51.1 Å². The van der Waals surface area contributed by atoms with Crippen molar-refractivity contribution in [2.75, 3.05) is 6.61 Å². The van der Waals surface area contributed by atoms with Crippen LogP contribution in [0.5, 0.6) is 0 Å². The third kappa shape index (κ3) is 6.77. The number of nitrogens with one attached hydrogen (secondary N) is 1. The smallest absolute Gasteiger partial charge is 0.303 e. The predicted octanol–water partition coefficient (Wildman–Crippen LogP) is -1.47. The summed E-state index contributed by atoms with van der Waals surface area (Å²) in [7, 11) is -4.92. The Balaban J connectivity index is 3.40. The number of carbonyl (C=O) groups excluding carboxylic acids is 4. The summed E-state index contributed by atoms with van der Waals surface area (Å²) >= 11 is 0. The molecule has 1 heterocycles. The molecule has 1 aliphatic heterocycles. The van der Waals surface area contributed by atoms with Crippen LogP contribution in [0.25, 0.3) is 0 Å². The zero-order valence-electron chi connectivity index (χ0n) is 15.0. The second-order valence-electron chi connectivity index (χ2n) is 5.73. The summed E-state index contributed by atoms with van der Waals surface area (Å²) < 4.78 is 53.1. The molecule has 1 aliphatic rings. The van der Waals surface area contributed by atoms with E-state index in [-0.39, 0.29) is 0 Å². The molecule has 5 atom stereocenters. The van der Waals surface area contributed by atoms with E-state index in [2.05, 4.69) is 5.32 Å². The van der Waals surface area contributed by atoms with Crippen LogP contribution in [0.2, 0.25) is 0 Å². The molecule has 1 fully saturated rings. The van der Waals surface area contributed by atoms with Crippen molar-refractivity contribution >= 4 is 33.9 Å². The number of hydrogen-bond acceptors (Lipinski definition) is 10. The number of ether oxygens (including phenoxy) is 4. The number of carbonyl (C=O) groups is 4. The zero-order valence-corrected chi connectivity index (χ0v) is 15.8. The van der Waals surface area contributed by atoms with Gasteiger partial charge in [-0.25, -0.2) is 0 Å². The highest BCUT2D eigenvalue weighted by Crippen LogP contribution is 2.29. The Morgan fingerprint density at radius 3 is 1.89 bits per heavy atom. The van der Waals surface area contributed by atoms with Crippen molar-refractivity contribution in [3.63, 3.8) is 0 Å². The Morgan fingerprint density at radius 2 is 1.48 bits per heavy atom. The first-order valence-electron chi connectivity index (χ1n) is 7.69. The molecule has 154 valence electrons. The van der Waals surface area contributed by atoms with E-state index in [4.69, 9.17) is 18.9 Å². The van der Waals surface area contributed by atoms with E-state index in [1.807, 2.05) is 0 Å². The number of hydrogen-bond donors (Lipinski definition) is 2. The molecule has 0 unspecified atom stereocenters. The normalized spacial score (nSPS) is 28.0. The van der Waals surface area contributed by atoms with Crippen LogP contribution in [-0.2, 0) is 48.2 Å². The Kier molecular flexibility index (Phi) is 7.68. The van der Waals surface area contributed by atoms with Crippen LogP contribution in [0, 0.1) is 0 Å². The number of rotatable bonds is 6. The van der Waals surface area contributed by atoms with Gasteiger partial charge in [-0.2, -0.15) is 8.42 Å². The lowest BCUT2D eigenvalue weighted by atomic mass is 9.97. The molecule has 0 spiro atoms. The van der Waals surface area contributed by atoms with Gasteiger partial charge in [0.25, 0.3) is 10.1 Å². The molecule has 0 saturated carbocycles. The standard InChI is InChI=1S/C14H21NO11S/c1-6(16)15-11-13(25-9(4)19)12(24-8(3)18)10(5-23-7(2)17)26-14(11)27(20,21)22/h10-14H,5H2,1-4H3,(H,15,16)(H,20,21,22)/t10-,11-,12-,13-,14+/m1/s1. The molecular weight excluding hydrogens is 390 g/mol. The maximum atomic E-state index is 11.7. The zero-order chi connectivity index (χ0) is 20.9. The van der Waals surface area contributed by atoms with E-state index >= 15 is 0 Å². The summed E-state index contributed by atoms with van der Waals surface area (Å²) in [5, 5.41) is 2.20. The molecule has 13 heteroatoms. The van der Waals surface area contributed by atoms with Crippen molar-refractivity contribution in [1.82, 2.24) is 5.32 Å². The molecule has 27 heavy (non-hydrogen) atoms. The summed E-state index contributed by atoms with van der Waals surface area (Å²) in [6.45, 7) is 3.61. The summed E-state index contributed by atoms with van der Waals surface area (Å²) in [5.74, 6) is -3.18. The molecule has 0 aromatic heterocycles. The van der Waals surface area contributed by atoms with Gasteiger partial charge in [-0.15, -0.1) is 0 Å². The van der Waals surface area contributed by atoms with E-state index < -0.39 is 70.3 Å². The van der Waals surface area contributed by atoms with Crippen molar-refractivity contribution in [2.24, 2.45) is 0 Å². The van der Waals surface area contributed by atoms with Crippen LogP contribution >= 0.6 is 0 Å². The van der Waals surface area contributed by atoms with Crippen LogP contribution in [-0.4, -0.2) is 73.2 Å². The van der Waals surface area contributed by atoms with Crippen LogP contribution in [0.1, 0.15) is 27.7 Å². The van der Waals surface area contributed by atoms with Crippen LogP contribution in [0.3, 0.4) is 0 Å². The monoisotopic (exact) mass is 411 g/mol. The molecule has 1 amide bonds. The van der Waals surface area contributed by atoms with Gasteiger partial charge in [0.1, 0.15) is 18.8 Å². The van der Waals surface area contributed by atoms with Crippen LogP contribution in [0.4, 0.5) is 0 Å². The molecule has 0 aromatic rings. The molecule has 1 rings (SSSR count). The minimum atomic E-state index is -4.92. The SMILES string of the molecule is CC(=O)N[C@@H]1[C@@H](OC(C)=O)[C@H](OC(C)=O)[C@@H](COC(C)=O)O[C@H]1S(=O)(=O)O. The first-order chi connectivity index (χ1) is 12.3. The second kappa shape index (κ2) is 9.10. The van der Waals surface area contributed by atoms with Gasteiger partial charge in [0.05, 0.1) is 0 Å². The van der Waals surface area contributed by atoms with Gasteiger partial charge in [0, 0.05) is 27.7 Å². The molecule has 1 saturated heterocycles. The Hall–Kier alpha value is -2.25. The summed E-state index contributed by atoms with van der Waals surface area (Å²) in [6.07, 6.45) is -4.38. The molecule has 0 radical (unpaired) electrons. The lowest BCUT2D eigenvalue weighted by Crippen LogP contribution is -2.67. The van der Waals surface area contributed by atoms with Gasteiger partial charge in [-0.1, -0.05) is 0 Å². The van der Waals surface area contributed by atoms with Gasteiger partial charge >= 0.3 is 17.9 Å². The molecule has 0 aromatic carbocycles. The largest absolute Gasteiger partial charge is 0.463 e. The van der Waals surface area contributed by atoms with E-state index in [9.17, 15) is 32.1 Å². The van der Waals surface area contributed by atoms with Gasteiger partial charge in [-0.3, -0.25) is 23.7 Å². The second-order valence-corrected chi connectivity index (χ2v) is 7.23. The van der Waals surface area contributed by atoms with Crippen LogP contribution in [0.15, 0.2) is 0 Å². The average Bonchev–Trinajstić information content (AvgIpc) is 2.46. The number of esters is 3. The Morgan fingerprint density at radius 1 is 0.963 bits per heavy atom. The summed E-state index contributed by atoms with van der Waals surface area (Å²) in [5.41, 5.74) is -2.07. The fourth-order valence-corrected chi connectivity index (χ4v) is 3.42. The van der Waals surface area contributed by atoms with Crippen molar-refractivity contribution in [3.05, 3.63) is 0 Å². The van der Waals surface area contributed by atoms with Gasteiger partial charge < -0.3 is 24.3 Å². The predicted molar refractivity (Wildman–Crippen MR) is 85.6 cm³/mol. The molecule has 0 aliphatic carbocycles. The van der Waals surface area contributed by atoms with E-state index in [1.54, 1.807) is 0 Å². The highest BCUT2D eigenvalue weighted by molar-refractivity contribution is 7.86. The van der Waals surface area contributed by atoms with E-state index in [0.717, 1.165) is 27.7 Å². The average molecular weight is 411 g/mol. The lowest BCUT2D eigenvalue weighted by Gasteiger charge is -2.44. The lowest BCUT2D eigenvalue weighted by molar-refractivity contribution is -0.213. The highest BCUT2D eigenvalue weighted by Gasteiger charge is 2.54. The Labute approximate surface area is 155 Å². The van der Waals surface area contributed by atoms with Gasteiger partial charge in [-0.05, 0) is 0 Å². The van der Waals surface area contributed by atoms with Crippen molar-refractivity contribution in [2.45, 2.75) is 57.5 Å². The quantitative estimate of drug-likeness (QED) is 0.297. The highest BCUT2D eigenvalue weighted by atomic mass is 32.2. The van der Waals surface area contributed by atoms with E-state index in [1.165, 1.54) is 0 Å². The third-order valence-electron chi connectivity index (χ3n) is 3.36. The van der Waals surface area contributed by atoms with Crippen molar-refractivity contribution in [3.8, 4) is 0 Å². The molecule has 2 N–H and O–H groups in total. The maximum absolute atomic E-state index is 11.7.